The lowest BCUT2D eigenvalue weighted by Gasteiger charge is -2.29. The Balaban J connectivity index is 1.69. The Labute approximate surface area is 261 Å². The summed E-state index contributed by atoms with van der Waals surface area (Å²) in [6, 6.07) is 9.15. The van der Waals surface area contributed by atoms with Crippen LogP contribution in [0.3, 0.4) is 0 Å². The van der Waals surface area contributed by atoms with Gasteiger partial charge in [0.25, 0.3) is 0 Å². The minimum absolute atomic E-state index is 0.104. The quantitative estimate of drug-likeness (QED) is 0.306. The van der Waals surface area contributed by atoms with Gasteiger partial charge in [-0.15, -0.1) is 0 Å². The number of fused-ring (bicyclic) bond motifs is 1. The van der Waals surface area contributed by atoms with Crippen molar-refractivity contribution in [1.29, 1.82) is 0 Å². The summed E-state index contributed by atoms with van der Waals surface area (Å²) in [7, 11) is 1.45. The predicted molar refractivity (Wildman–Crippen MR) is 165 cm³/mol. The van der Waals surface area contributed by atoms with Gasteiger partial charge in [0.1, 0.15) is 22.6 Å². The van der Waals surface area contributed by atoms with Gasteiger partial charge in [-0.25, -0.2) is 33.8 Å². The van der Waals surface area contributed by atoms with Crippen molar-refractivity contribution in [3.63, 3.8) is 0 Å². The van der Waals surface area contributed by atoms with Gasteiger partial charge >= 0.3 is 18.3 Å². The lowest BCUT2D eigenvalue weighted by atomic mass is 9.91. The zero-order chi connectivity index (χ0) is 33.2. The van der Waals surface area contributed by atoms with Crippen LogP contribution in [0.1, 0.15) is 66.6 Å². The molecule has 0 aliphatic carbocycles. The Kier molecular flexibility index (Phi) is 9.22. The fourth-order valence-electron chi connectivity index (χ4n) is 4.96. The SMILES string of the molecule is COc1nc2ccccc2cc1-c1cnc(C2(CC=CCN(C(=O)OC(C)(C)C)C(=O)OC(C)(C)C)CCC(=O)N2)n1C(=O)O. The summed E-state index contributed by atoms with van der Waals surface area (Å²) < 4.78 is 17.3. The monoisotopic (exact) mass is 621 g/mol. The number of methoxy groups -OCH3 is 1. The van der Waals surface area contributed by atoms with E-state index in [0.717, 1.165) is 14.9 Å². The summed E-state index contributed by atoms with van der Waals surface area (Å²) in [4.78, 5) is 60.9. The number of pyridine rings is 1. The highest BCUT2D eigenvalue weighted by Gasteiger charge is 2.44. The number of hydrogen-bond acceptors (Lipinski definition) is 9. The van der Waals surface area contributed by atoms with Crippen molar-refractivity contribution in [1.82, 2.24) is 24.8 Å². The van der Waals surface area contributed by atoms with Crippen LogP contribution in [0.4, 0.5) is 14.4 Å². The van der Waals surface area contributed by atoms with Crippen LogP contribution in [-0.2, 0) is 19.8 Å². The molecule has 1 fully saturated rings. The first-order chi connectivity index (χ1) is 21.0. The van der Waals surface area contributed by atoms with Gasteiger partial charge in [0.15, 0.2) is 0 Å². The third kappa shape index (κ3) is 7.59. The van der Waals surface area contributed by atoms with E-state index in [2.05, 4.69) is 15.3 Å². The fraction of sp³-hybridized carbons (Fsp3) is 0.438. The first kappa shape index (κ1) is 33.0. The number of hydrogen-bond donors (Lipinski definition) is 2. The summed E-state index contributed by atoms with van der Waals surface area (Å²) in [5.74, 6) is 0.0576. The number of ether oxygens (including phenoxy) is 3. The Morgan fingerprint density at radius 1 is 1.07 bits per heavy atom. The number of nitrogens with one attached hydrogen (secondary N) is 1. The molecule has 0 bridgehead atoms. The zero-order valence-electron chi connectivity index (χ0n) is 26.5. The van der Waals surface area contributed by atoms with Crippen LogP contribution in [0.15, 0.2) is 48.7 Å². The summed E-state index contributed by atoms with van der Waals surface area (Å²) >= 11 is 0. The normalized spacial score (nSPS) is 16.9. The van der Waals surface area contributed by atoms with E-state index in [1.54, 1.807) is 59.8 Å². The predicted octanol–water partition coefficient (Wildman–Crippen LogP) is 5.86. The van der Waals surface area contributed by atoms with E-state index in [1.165, 1.54) is 13.3 Å². The van der Waals surface area contributed by atoms with Crippen LogP contribution in [0.25, 0.3) is 22.2 Å². The first-order valence-corrected chi connectivity index (χ1v) is 14.5. The standard InChI is InChI=1S/C32H39N5O8/c1-30(2,3)44-28(41)36(29(42)45-31(4,5)6)17-11-10-15-32(16-14-24(38)35-32)26-33-19-23(37(26)27(39)40)21-18-20-12-8-9-13-22(20)34-25(21)43-7/h8-13,18-19H,14-17H2,1-7H3,(H,35,38)(H,39,40). The highest BCUT2D eigenvalue weighted by molar-refractivity contribution is 5.89. The van der Waals surface area contributed by atoms with Gasteiger partial charge in [-0.05, 0) is 66.5 Å². The summed E-state index contributed by atoms with van der Waals surface area (Å²) in [5.41, 5.74) is -1.58. The number of carbonyl (C=O) groups excluding carboxylic acids is 3. The van der Waals surface area contributed by atoms with Gasteiger partial charge in [-0.3, -0.25) is 4.79 Å². The Bertz CT molecular complexity index is 1620. The molecule has 1 aromatic carbocycles. The maximum Gasteiger partial charge on any atom is 0.420 e. The van der Waals surface area contributed by atoms with Gasteiger partial charge in [0.2, 0.25) is 11.8 Å². The molecule has 0 spiro atoms. The van der Waals surface area contributed by atoms with Crippen molar-refractivity contribution >= 4 is 35.1 Å². The van der Waals surface area contributed by atoms with Gasteiger partial charge in [0.05, 0.1) is 36.6 Å². The number of amides is 3. The number of imide groups is 1. The van der Waals surface area contributed by atoms with Crippen LogP contribution in [0, 0.1) is 0 Å². The molecule has 4 rings (SSSR count). The van der Waals surface area contributed by atoms with Crippen molar-refractivity contribution in [2.75, 3.05) is 13.7 Å². The fourth-order valence-corrected chi connectivity index (χ4v) is 4.96. The first-order valence-electron chi connectivity index (χ1n) is 14.5. The highest BCUT2D eigenvalue weighted by Crippen LogP contribution is 2.39. The van der Waals surface area contributed by atoms with Crippen molar-refractivity contribution in [3.05, 3.63) is 54.5 Å². The number of imidazole rings is 1. The molecule has 240 valence electrons. The summed E-state index contributed by atoms with van der Waals surface area (Å²) in [5, 5.41) is 14.1. The van der Waals surface area contributed by atoms with E-state index in [1.807, 2.05) is 24.3 Å². The lowest BCUT2D eigenvalue weighted by Crippen LogP contribution is -2.43. The number of para-hydroxylation sites is 1. The molecule has 1 atom stereocenters. The molecule has 0 radical (unpaired) electrons. The molecule has 3 heterocycles. The zero-order valence-corrected chi connectivity index (χ0v) is 26.5. The molecule has 1 unspecified atom stereocenters. The van der Waals surface area contributed by atoms with Crippen LogP contribution in [-0.4, -0.2) is 73.6 Å². The third-order valence-electron chi connectivity index (χ3n) is 6.85. The second-order valence-electron chi connectivity index (χ2n) is 12.7. The van der Waals surface area contributed by atoms with Crippen molar-refractivity contribution in [3.8, 4) is 17.1 Å². The van der Waals surface area contributed by atoms with E-state index >= 15 is 0 Å². The van der Waals surface area contributed by atoms with Crippen LogP contribution < -0.4 is 10.1 Å². The van der Waals surface area contributed by atoms with Crippen molar-refractivity contribution in [2.24, 2.45) is 0 Å². The number of nitrogens with zero attached hydrogens (tertiary/aromatic N) is 4. The maximum absolute atomic E-state index is 12.9. The van der Waals surface area contributed by atoms with Gasteiger partial charge in [-0.1, -0.05) is 30.4 Å². The molecule has 3 amide bonds. The average molecular weight is 622 g/mol. The third-order valence-corrected chi connectivity index (χ3v) is 6.85. The molecule has 0 saturated carbocycles. The summed E-state index contributed by atoms with van der Waals surface area (Å²) in [6.07, 6.45) is 2.10. The van der Waals surface area contributed by atoms with E-state index in [9.17, 15) is 24.3 Å². The Morgan fingerprint density at radius 2 is 1.71 bits per heavy atom. The molecule has 1 aliphatic heterocycles. The molecule has 3 aromatic rings. The molecule has 2 aromatic heterocycles. The van der Waals surface area contributed by atoms with E-state index in [-0.39, 0.29) is 49.1 Å². The van der Waals surface area contributed by atoms with Crippen LogP contribution in [0.5, 0.6) is 5.88 Å². The second kappa shape index (κ2) is 12.6. The Hall–Kier alpha value is -4.94. The molecule has 2 N–H and O–H groups in total. The number of rotatable bonds is 7. The van der Waals surface area contributed by atoms with E-state index in [4.69, 9.17) is 14.2 Å². The van der Waals surface area contributed by atoms with E-state index in [0.29, 0.717) is 11.1 Å². The molecule has 1 saturated heterocycles. The van der Waals surface area contributed by atoms with Crippen LogP contribution >= 0.6 is 0 Å². The van der Waals surface area contributed by atoms with Gasteiger partial charge < -0.3 is 24.6 Å². The minimum Gasteiger partial charge on any atom is -0.480 e. The smallest absolute Gasteiger partial charge is 0.420 e. The highest BCUT2D eigenvalue weighted by atomic mass is 16.6. The number of carbonyl (C=O) groups is 4. The molecular formula is C32H39N5O8. The topological polar surface area (TPSA) is 162 Å². The summed E-state index contributed by atoms with van der Waals surface area (Å²) in [6.45, 7) is 9.91. The molecule has 1 aliphatic rings. The van der Waals surface area contributed by atoms with Crippen molar-refractivity contribution < 1.29 is 38.5 Å². The van der Waals surface area contributed by atoms with Gasteiger partial charge in [0, 0.05) is 11.8 Å². The molecule has 45 heavy (non-hydrogen) atoms. The minimum atomic E-state index is -1.31. The Morgan fingerprint density at radius 3 is 2.27 bits per heavy atom. The maximum atomic E-state index is 12.9. The van der Waals surface area contributed by atoms with E-state index < -0.39 is 35.0 Å². The van der Waals surface area contributed by atoms with Crippen molar-refractivity contribution in [2.45, 2.75) is 77.5 Å². The van der Waals surface area contributed by atoms with Crippen LogP contribution in [0.2, 0.25) is 0 Å². The number of aromatic nitrogens is 3. The lowest BCUT2D eigenvalue weighted by molar-refractivity contribution is -0.119. The van der Waals surface area contributed by atoms with Gasteiger partial charge in [-0.2, -0.15) is 0 Å². The second-order valence-corrected chi connectivity index (χ2v) is 12.7. The number of carboxylic acid groups (broad SMARTS) is 1. The molecule has 13 nitrogen and oxygen atoms in total. The number of benzene rings is 1. The molecule has 13 heteroatoms. The molecular weight excluding hydrogens is 582 g/mol. The average Bonchev–Trinajstić information content (AvgIpc) is 3.55. The largest absolute Gasteiger partial charge is 0.480 e.